The Balaban J connectivity index is 1.87. The summed E-state index contributed by atoms with van der Waals surface area (Å²) in [5.74, 6) is 0.904. The number of fused-ring (bicyclic) bond motifs is 1. The molecule has 0 spiro atoms. The molecule has 1 saturated carbocycles. The van der Waals surface area contributed by atoms with Crippen LogP contribution >= 0.6 is 11.6 Å². The molecule has 0 radical (unpaired) electrons. The Kier molecular flexibility index (Phi) is 4.78. The summed E-state index contributed by atoms with van der Waals surface area (Å²) in [6.45, 7) is 4.19. The van der Waals surface area contributed by atoms with Gasteiger partial charge in [-0.2, -0.15) is 0 Å². The van der Waals surface area contributed by atoms with Gasteiger partial charge in [0.2, 0.25) is 5.91 Å². The predicted octanol–water partition coefficient (Wildman–Crippen LogP) is 4.94. The van der Waals surface area contributed by atoms with Crippen molar-refractivity contribution in [1.29, 1.82) is 0 Å². The third-order valence-electron chi connectivity index (χ3n) is 7.00. The summed E-state index contributed by atoms with van der Waals surface area (Å²) >= 11 is 6.53. The van der Waals surface area contributed by atoms with E-state index in [0.717, 1.165) is 30.4 Å². The van der Waals surface area contributed by atoms with E-state index in [-0.39, 0.29) is 46.6 Å². The normalized spacial score (nSPS) is 32.0. The fourth-order valence-corrected chi connectivity index (χ4v) is 6.04. The molecule has 28 heavy (non-hydrogen) atoms. The number of hydrogen-bond acceptors (Lipinski definition) is 3. The molecule has 0 bridgehead atoms. The number of carbonyl (C=O) groups is 1. The maximum absolute atomic E-state index is 12.9. The Labute approximate surface area is 170 Å². The highest BCUT2D eigenvalue weighted by molar-refractivity contribution is 6.31. The van der Waals surface area contributed by atoms with E-state index in [1.807, 2.05) is 18.2 Å². The lowest BCUT2D eigenvalue weighted by atomic mass is 9.54. The van der Waals surface area contributed by atoms with Crippen molar-refractivity contribution in [2.45, 2.75) is 51.0 Å². The van der Waals surface area contributed by atoms with E-state index in [1.165, 1.54) is 0 Å². The molecular weight excluding hydrogens is 374 g/mol. The molecule has 5 heteroatoms. The van der Waals surface area contributed by atoms with E-state index in [2.05, 4.69) is 19.2 Å². The molecule has 2 aliphatic rings. The highest BCUT2D eigenvalue weighted by atomic mass is 35.5. The van der Waals surface area contributed by atoms with Gasteiger partial charge < -0.3 is 15.5 Å². The molecule has 1 saturated heterocycles. The molecule has 2 fully saturated rings. The van der Waals surface area contributed by atoms with Crippen LogP contribution in [-0.2, 0) is 4.79 Å². The quantitative estimate of drug-likeness (QED) is 0.684. The zero-order chi connectivity index (χ0) is 20.1. The summed E-state index contributed by atoms with van der Waals surface area (Å²) in [7, 11) is 0. The van der Waals surface area contributed by atoms with Crippen molar-refractivity contribution < 1.29 is 15.0 Å². The maximum Gasteiger partial charge on any atom is 0.226 e. The third-order valence-corrected chi connectivity index (χ3v) is 7.33. The standard InChI is InChI=1S/C23H26ClNO3/c1-3-23-11-10-18(17-9-8-16(27)12-19(17)24)20(14-4-6-15(26)7-5-14)21(23)13(2)25-22(23)28/h4-9,12-13,18,20-21,26-27H,3,10-11H2,1-2H3,(H,25,28)/t13-,18?,20+,21+,23-/m1/s1. The fourth-order valence-electron chi connectivity index (χ4n) is 5.72. The van der Waals surface area contributed by atoms with Crippen LogP contribution in [0.15, 0.2) is 42.5 Å². The van der Waals surface area contributed by atoms with Crippen molar-refractivity contribution in [2.24, 2.45) is 11.3 Å². The molecule has 1 heterocycles. The number of phenolic OH excluding ortho intramolecular Hbond substituents is 2. The van der Waals surface area contributed by atoms with Gasteiger partial charge in [0.15, 0.2) is 0 Å². The van der Waals surface area contributed by atoms with Crippen LogP contribution in [0.1, 0.15) is 56.1 Å². The minimum atomic E-state index is -0.373. The Morgan fingerprint density at radius 1 is 1.14 bits per heavy atom. The van der Waals surface area contributed by atoms with Gasteiger partial charge >= 0.3 is 0 Å². The van der Waals surface area contributed by atoms with Gasteiger partial charge in [0.1, 0.15) is 11.5 Å². The van der Waals surface area contributed by atoms with Gasteiger partial charge in [-0.15, -0.1) is 0 Å². The van der Waals surface area contributed by atoms with E-state index in [1.54, 1.807) is 24.3 Å². The van der Waals surface area contributed by atoms with E-state index < -0.39 is 0 Å². The van der Waals surface area contributed by atoms with Gasteiger partial charge in [0, 0.05) is 17.0 Å². The first kappa shape index (κ1) is 19.1. The van der Waals surface area contributed by atoms with Crippen LogP contribution in [0.2, 0.25) is 5.02 Å². The molecular formula is C23H26ClNO3. The third kappa shape index (κ3) is 2.86. The van der Waals surface area contributed by atoms with Crippen LogP contribution in [-0.4, -0.2) is 22.2 Å². The molecule has 3 N–H and O–H groups in total. The number of hydrogen-bond donors (Lipinski definition) is 3. The molecule has 4 nitrogen and oxygen atoms in total. The monoisotopic (exact) mass is 399 g/mol. The number of nitrogens with one attached hydrogen (secondary N) is 1. The summed E-state index contributed by atoms with van der Waals surface area (Å²) in [6.07, 6.45) is 2.47. The summed E-state index contributed by atoms with van der Waals surface area (Å²) in [6, 6.07) is 12.6. The van der Waals surface area contributed by atoms with Gasteiger partial charge in [-0.1, -0.05) is 36.7 Å². The van der Waals surface area contributed by atoms with Crippen molar-refractivity contribution in [1.82, 2.24) is 5.32 Å². The Morgan fingerprint density at radius 3 is 2.46 bits per heavy atom. The number of aromatic hydroxyl groups is 2. The predicted molar refractivity (Wildman–Crippen MR) is 110 cm³/mol. The lowest BCUT2D eigenvalue weighted by Gasteiger charge is -2.47. The summed E-state index contributed by atoms with van der Waals surface area (Å²) in [4.78, 5) is 12.9. The Bertz CT molecular complexity index is 897. The van der Waals surface area contributed by atoms with Gasteiger partial charge in [-0.3, -0.25) is 4.79 Å². The molecule has 1 aliphatic heterocycles. The second-order valence-corrected chi connectivity index (χ2v) is 8.67. The second-order valence-electron chi connectivity index (χ2n) is 8.27. The average Bonchev–Trinajstić information content (AvgIpc) is 2.93. The van der Waals surface area contributed by atoms with E-state index in [4.69, 9.17) is 11.6 Å². The molecule has 0 aromatic heterocycles. The highest BCUT2D eigenvalue weighted by Gasteiger charge is 2.59. The molecule has 4 rings (SSSR count). The fraction of sp³-hybridized carbons (Fsp3) is 0.435. The highest BCUT2D eigenvalue weighted by Crippen LogP contribution is 2.60. The van der Waals surface area contributed by atoms with Gasteiger partial charge in [0.05, 0.1) is 5.41 Å². The number of rotatable bonds is 3. The van der Waals surface area contributed by atoms with Gasteiger partial charge in [-0.05, 0) is 73.4 Å². The number of halogens is 1. The zero-order valence-electron chi connectivity index (χ0n) is 16.2. The molecule has 1 unspecified atom stereocenters. The largest absolute Gasteiger partial charge is 0.508 e. The molecule has 148 valence electrons. The van der Waals surface area contributed by atoms with Crippen LogP contribution < -0.4 is 5.32 Å². The smallest absolute Gasteiger partial charge is 0.226 e. The number of carbonyl (C=O) groups excluding carboxylic acids is 1. The number of phenols is 2. The van der Waals surface area contributed by atoms with Crippen molar-refractivity contribution in [3.63, 3.8) is 0 Å². The van der Waals surface area contributed by atoms with Crippen molar-refractivity contribution in [3.05, 3.63) is 58.6 Å². The minimum absolute atomic E-state index is 0.0601. The Morgan fingerprint density at radius 2 is 1.82 bits per heavy atom. The van der Waals surface area contributed by atoms with Crippen LogP contribution in [0.3, 0.4) is 0 Å². The zero-order valence-corrected chi connectivity index (χ0v) is 16.9. The SMILES string of the molecule is CC[C@@]12CCC(c3ccc(O)cc3Cl)[C@H](c3ccc(O)cc3)[C@@H]1[C@@H](C)NC2=O. The average molecular weight is 400 g/mol. The van der Waals surface area contributed by atoms with Gasteiger partial charge in [0.25, 0.3) is 0 Å². The van der Waals surface area contributed by atoms with Crippen molar-refractivity contribution >= 4 is 17.5 Å². The topological polar surface area (TPSA) is 69.6 Å². The maximum atomic E-state index is 12.9. The van der Waals surface area contributed by atoms with E-state index in [9.17, 15) is 15.0 Å². The number of amides is 1. The van der Waals surface area contributed by atoms with Crippen LogP contribution in [0.4, 0.5) is 0 Å². The molecule has 2 aromatic rings. The molecule has 2 aromatic carbocycles. The second kappa shape index (κ2) is 7.00. The Hall–Kier alpha value is -2.20. The first-order valence-electron chi connectivity index (χ1n) is 9.95. The first-order chi connectivity index (χ1) is 13.4. The minimum Gasteiger partial charge on any atom is -0.508 e. The van der Waals surface area contributed by atoms with E-state index >= 15 is 0 Å². The lowest BCUT2D eigenvalue weighted by molar-refractivity contribution is -0.131. The van der Waals surface area contributed by atoms with Gasteiger partial charge in [-0.25, -0.2) is 0 Å². The summed E-state index contributed by atoms with van der Waals surface area (Å²) < 4.78 is 0. The van der Waals surface area contributed by atoms with Crippen molar-refractivity contribution in [2.75, 3.05) is 0 Å². The first-order valence-corrected chi connectivity index (χ1v) is 10.3. The van der Waals surface area contributed by atoms with Crippen LogP contribution in [0.25, 0.3) is 0 Å². The van der Waals surface area contributed by atoms with E-state index in [0.29, 0.717) is 5.02 Å². The summed E-state index contributed by atoms with van der Waals surface area (Å²) in [5, 5.41) is 23.3. The summed E-state index contributed by atoms with van der Waals surface area (Å²) in [5.41, 5.74) is 1.74. The van der Waals surface area contributed by atoms with Crippen molar-refractivity contribution in [3.8, 4) is 11.5 Å². The number of benzene rings is 2. The lowest BCUT2D eigenvalue weighted by Crippen LogP contribution is -2.43. The van der Waals surface area contributed by atoms with Crippen LogP contribution in [0.5, 0.6) is 11.5 Å². The molecule has 1 aliphatic carbocycles. The molecule has 5 atom stereocenters. The molecule has 1 amide bonds. The van der Waals surface area contributed by atoms with Crippen LogP contribution in [0, 0.1) is 11.3 Å².